The lowest BCUT2D eigenvalue weighted by molar-refractivity contribution is -0.384. The van der Waals surface area contributed by atoms with E-state index in [4.69, 9.17) is 16.0 Å². The van der Waals surface area contributed by atoms with Crippen molar-refractivity contribution in [1.82, 2.24) is 4.98 Å². The minimum atomic E-state index is -0.461. The second kappa shape index (κ2) is 6.74. The van der Waals surface area contributed by atoms with Crippen molar-refractivity contribution < 1.29 is 14.1 Å². The minimum absolute atomic E-state index is 0.000384. The highest BCUT2D eigenvalue weighted by atomic mass is 35.5. The maximum atomic E-state index is 12.2. The van der Waals surface area contributed by atoms with Crippen molar-refractivity contribution in [1.29, 1.82) is 0 Å². The van der Waals surface area contributed by atoms with Crippen molar-refractivity contribution in [3.63, 3.8) is 0 Å². The SMILES string of the molecule is Cc1cc([N+](=O)[O-])ccc1-c1ccc(C(=O)Nc2ccc(Cl)cn2)o1. The number of rotatable bonds is 4. The molecule has 2 aromatic heterocycles. The molecule has 0 radical (unpaired) electrons. The largest absolute Gasteiger partial charge is 0.451 e. The van der Waals surface area contributed by atoms with Crippen LogP contribution in [0.25, 0.3) is 11.3 Å². The van der Waals surface area contributed by atoms with Crippen molar-refractivity contribution in [2.75, 3.05) is 5.32 Å². The summed E-state index contributed by atoms with van der Waals surface area (Å²) in [6.45, 7) is 1.74. The van der Waals surface area contributed by atoms with Gasteiger partial charge in [-0.05, 0) is 42.8 Å². The van der Waals surface area contributed by atoms with Gasteiger partial charge in [-0.1, -0.05) is 11.6 Å². The quantitative estimate of drug-likeness (QED) is 0.549. The van der Waals surface area contributed by atoms with Crippen LogP contribution in [-0.2, 0) is 0 Å². The summed E-state index contributed by atoms with van der Waals surface area (Å²) in [6, 6.07) is 10.8. The predicted molar refractivity (Wildman–Crippen MR) is 92.7 cm³/mol. The summed E-state index contributed by atoms with van der Waals surface area (Å²) in [5.41, 5.74) is 1.35. The molecule has 1 aromatic carbocycles. The Kier molecular flexibility index (Phi) is 4.49. The number of amides is 1. The number of carbonyl (C=O) groups is 1. The van der Waals surface area contributed by atoms with Crippen LogP contribution in [0.4, 0.5) is 11.5 Å². The lowest BCUT2D eigenvalue weighted by atomic mass is 10.1. The average Bonchev–Trinajstić information content (AvgIpc) is 3.06. The number of halogens is 1. The third kappa shape index (κ3) is 3.67. The zero-order chi connectivity index (χ0) is 18.0. The number of furan rings is 1. The fourth-order valence-corrected chi connectivity index (χ4v) is 2.38. The first-order valence-electron chi connectivity index (χ1n) is 7.22. The molecule has 3 aromatic rings. The van der Waals surface area contributed by atoms with Crippen LogP contribution >= 0.6 is 11.6 Å². The van der Waals surface area contributed by atoms with Gasteiger partial charge in [-0.25, -0.2) is 4.98 Å². The summed E-state index contributed by atoms with van der Waals surface area (Å²) in [4.78, 5) is 26.5. The van der Waals surface area contributed by atoms with E-state index >= 15 is 0 Å². The number of nitrogens with zero attached hydrogens (tertiary/aromatic N) is 2. The average molecular weight is 358 g/mol. The van der Waals surface area contributed by atoms with E-state index in [1.807, 2.05) is 0 Å². The number of non-ortho nitro benzene ring substituents is 1. The zero-order valence-electron chi connectivity index (χ0n) is 13.0. The number of pyridine rings is 1. The predicted octanol–water partition coefficient (Wildman–Crippen LogP) is 4.46. The third-order valence-electron chi connectivity index (χ3n) is 3.49. The standard InChI is InChI=1S/C17H12ClN3O4/c1-10-8-12(21(23)24)3-4-13(10)14-5-6-15(25-14)17(22)20-16-7-2-11(18)9-19-16/h2-9H,1H3,(H,19,20,22). The molecule has 0 unspecified atom stereocenters. The molecule has 1 amide bonds. The van der Waals surface area contributed by atoms with E-state index in [1.54, 1.807) is 31.2 Å². The van der Waals surface area contributed by atoms with E-state index in [0.29, 0.717) is 27.7 Å². The Morgan fingerprint density at radius 3 is 2.68 bits per heavy atom. The summed E-state index contributed by atoms with van der Waals surface area (Å²) in [7, 11) is 0. The Morgan fingerprint density at radius 2 is 2.04 bits per heavy atom. The molecule has 0 saturated heterocycles. The second-order valence-corrected chi connectivity index (χ2v) is 5.67. The number of aryl methyl sites for hydroxylation is 1. The van der Waals surface area contributed by atoms with Crippen LogP contribution in [0.2, 0.25) is 5.02 Å². The van der Waals surface area contributed by atoms with Gasteiger partial charge < -0.3 is 9.73 Å². The third-order valence-corrected chi connectivity index (χ3v) is 3.71. The molecular formula is C17H12ClN3O4. The highest BCUT2D eigenvalue weighted by Gasteiger charge is 2.16. The number of hydrogen-bond donors (Lipinski definition) is 1. The fourth-order valence-electron chi connectivity index (χ4n) is 2.27. The van der Waals surface area contributed by atoms with Crippen molar-refractivity contribution in [3.8, 4) is 11.3 Å². The molecule has 7 nitrogen and oxygen atoms in total. The topological polar surface area (TPSA) is 98.3 Å². The lowest BCUT2D eigenvalue weighted by Gasteiger charge is -2.03. The molecule has 3 rings (SSSR count). The summed E-state index contributed by atoms with van der Waals surface area (Å²) >= 11 is 5.75. The van der Waals surface area contributed by atoms with Crippen molar-refractivity contribution in [2.24, 2.45) is 0 Å². The first-order valence-corrected chi connectivity index (χ1v) is 7.60. The lowest BCUT2D eigenvalue weighted by Crippen LogP contribution is -2.11. The smallest absolute Gasteiger partial charge is 0.292 e. The normalized spacial score (nSPS) is 10.5. The maximum Gasteiger partial charge on any atom is 0.292 e. The number of nitro groups is 1. The summed E-state index contributed by atoms with van der Waals surface area (Å²) in [5.74, 6) is 0.436. The maximum absolute atomic E-state index is 12.2. The monoisotopic (exact) mass is 357 g/mol. The van der Waals surface area contributed by atoms with Crippen molar-refractivity contribution in [2.45, 2.75) is 6.92 Å². The van der Waals surface area contributed by atoms with Crippen LogP contribution in [0, 0.1) is 17.0 Å². The zero-order valence-corrected chi connectivity index (χ0v) is 13.8. The van der Waals surface area contributed by atoms with Crippen LogP contribution in [0.15, 0.2) is 53.1 Å². The first kappa shape index (κ1) is 16.7. The van der Waals surface area contributed by atoms with Gasteiger partial charge in [0.2, 0.25) is 0 Å². The molecule has 0 bridgehead atoms. The molecule has 1 N–H and O–H groups in total. The Labute approximate surface area is 147 Å². The minimum Gasteiger partial charge on any atom is -0.451 e. The molecule has 2 heterocycles. The molecule has 126 valence electrons. The molecule has 0 spiro atoms. The molecule has 0 aliphatic heterocycles. The molecule has 25 heavy (non-hydrogen) atoms. The van der Waals surface area contributed by atoms with E-state index in [0.717, 1.165) is 0 Å². The van der Waals surface area contributed by atoms with Gasteiger partial charge in [0.15, 0.2) is 5.76 Å². The van der Waals surface area contributed by atoms with Crippen LogP contribution in [0.1, 0.15) is 16.1 Å². The number of aromatic nitrogens is 1. The molecular weight excluding hydrogens is 346 g/mol. The number of carbonyl (C=O) groups excluding carboxylic acids is 1. The van der Waals surface area contributed by atoms with Gasteiger partial charge in [0, 0.05) is 23.9 Å². The number of nitrogens with one attached hydrogen (secondary N) is 1. The van der Waals surface area contributed by atoms with Gasteiger partial charge in [-0.2, -0.15) is 0 Å². The van der Waals surface area contributed by atoms with Gasteiger partial charge in [0.25, 0.3) is 11.6 Å². The highest BCUT2D eigenvalue weighted by Crippen LogP contribution is 2.28. The van der Waals surface area contributed by atoms with Crippen LogP contribution < -0.4 is 5.32 Å². The summed E-state index contributed by atoms with van der Waals surface area (Å²) in [5, 5.41) is 13.9. The summed E-state index contributed by atoms with van der Waals surface area (Å²) < 4.78 is 5.57. The molecule has 8 heteroatoms. The highest BCUT2D eigenvalue weighted by molar-refractivity contribution is 6.30. The number of benzene rings is 1. The van der Waals surface area contributed by atoms with Crippen molar-refractivity contribution in [3.05, 3.63) is 75.1 Å². The Hall–Kier alpha value is -3.19. The number of anilines is 1. The van der Waals surface area contributed by atoms with E-state index < -0.39 is 10.8 Å². The van der Waals surface area contributed by atoms with E-state index in [2.05, 4.69) is 10.3 Å². The molecule has 0 atom stereocenters. The first-order chi connectivity index (χ1) is 11.9. The molecule has 0 saturated carbocycles. The Balaban J connectivity index is 1.81. The molecule has 0 aliphatic carbocycles. The Bertz CT molecular complexity index is 951. The van der Waals surface area contributed by atoms with E-state index in [-0.39, 0.29) is 11.4 Å². The van der Waals surface area contributed by atoms with Gasteiger partial charge >= 0.3 is 0 Å². The van der Waals surface area contributed by atoms with Gasteiger partial charge in [0.1, 0.15) is 11.6 Å². The van der Waals surface area contributed by atoms with E-state index in [1.165, 1.54) is 24.4 Å². The number of nitro benzene ring substituents is 1. The summed E-state index contributed by atoms with van der Waals surface area (Å²) in [6.07, 6.45) is 1.42. The van der Waals surface area contributed by atoms with E-state index in [9.17, 15) is 14.9 Å². The van der Waals surface area contributed by atoms with Gasteiger partial charge in [-0.3, -0.25) is 14.9 Å². The Morgan fingerprint density at radius 1 is 1.24 bits per heavy atom. The second-order valence-electron chi connectivity index (χ2n) is 5.24. The number of hydrogen-bond acceptors (Lipinski definition) is 5. The van der Waals surface area contributed by atoms with Gasteiger partial charge in [0.05, 0.1) is 9.95 Å². The molecule has 0 aliphatic rings. The fraction of sp³-hybridized carbons (Fsp3) is 0.0588. The molecule has 0 fully saturated rings. The van der Waals surface area contributed by atoms with Crippen LogP contribution in [0.3, 0.4) is 0 Å². The van der Waals surface area contributed by atoms with Crippen LogP contribution in [0.5, 0.6) is 0 Å². The van der Waals surface area contributed by atoms with Gasteiger partial charge in [-0.15, -0.1) is 0 Å². The van der Waals surface area contributed by atoms with Crippen LogP contribution in [-0.4, -0.2) is 15.8 Å². The van der Waals surface area contributed by atoms with Crippen molar-refractivity contribution >= 4 is 29.0 Å².